The fraction of sp³-hybridized carbons (Fsp3) is 0.625. The van der Waals surface area contributed by atoms with Crippen LogP contribution in [0.4, 0.5) is 0 Å². The molecule has 3 aliphatic heterocycles. The minimum absolute atomic E-state index is 0.151. The maximum absolute atomic E-state index is 9.75. The van der Waals surface area contributed by atoms with Gasteiger partial charge in [0.2, 0.25) is 0 Å². The molecule has 0 saturated carbocycles. The third-order valence-corrected chi connectivity index (χ3v) is 23.3. The van der Waals surface area contributed by atoms with Crippen molar-refractivity contribution >= 4 is 17.1 Å². The zero-order valence-corrected chi connectivity index (χ0v) is 49.6. The van der Waals surface area contributed by atoms with Crippen molar-refractivity contribution in [3.05, 3.63) is 146 Å². The van der Waals surface area contributed by atoms with E-state index in [1.165, 1.54) is 11.1 Å². The van der Waals surface area contributed by atoms with Crippen LogP contribution in [0, 0.1) is 11.8 Å². The number of hydrogen-bond acceptors (Lipinski definition) is 10. The number of piperazine rings is 1. The largest absolute Gasteiger partial charge is 0.395 e. The molecule has 0 aromatic heterocycles. The summed E-state index contributed by atoms with van der Waals surface area (Å²) in [4.78, 5) is 9.89. The van der Waals surface area contributed by atoms with Gasteiger partial charge in [0.1, 0.15) is 0 Å². The smallest absolute Gasteiger partial charge is 0.338 e. The first-order chi connectivity index (χ1) is 37.4. The van der Waals surface area contributed by atoms with Crippen molar-refractivity contribution in [3.8, 4) is 0 Å². The summed E-state index contributed by atoms with van der Waals surface area (Å²) >= 11 is 0. The standard InChI is InChI=1S/C64H104N4O6Si2/c1-5-9-11-13-15-17-21-29-59(7-3)55-63(61-31-23-19-24-32-61)57-75(71-49-43-67(41-47-69)44-50-72-75)53-27-35-65-37-39-66(40-38-65)36-28-54-76(73-51-45-68(42-48-70)46-52-74-76)58-64(62-33-25-20-26-34-62)56-60(8-4)30-22-18-16-14-12-10-6-2/h7-12,17-26,31-34,59-60,63-64,69-70H,3-6,13-16,27-30,35-58H2,1-2H3/b11-9-,12-10-,21-17+,22-18+. The fourth-order valence-corrected chi connectivity index (χ4v) is 18.7. The van der Waals surface area contributed by atoms with Gasteiger partial charge in [-0.05, 0) is 149 Å². The van der Waals surface area contributed by atoms with Crippen LogP contribution in [0.25, 0.3) is 0 Å². The third kappa shape index (κ3) is 24.5. The molecule has 0 spiro atoms. The van der Waals surface area contributed by atoms with Crippen molar-refractivity contribution in [3.63, 3.8) is 0 Å². The van der Waals surface area contributed by atoms with Gasteiger partial charge < -0.3 is 37.7 Å². The van der Waals surface area contributed by atoms with Gasteiger partial charge in [0.15, 0.2) is 0 Å². The van der Waals surface area contributed by atoms with Gasteiger partial charge in [0, 0.05) is 91.9 Å². The molecule has 4 unspecified atom stereocenters. The van der Waals surface area contributed by atoms with Crippen LogP contribution in [-0.4, -0.2) is 165 Å². The lowest BCUT2D eigenvalue weighted by molar-refractivity contribution is 0.0787. The molecule has 0 amide bonds. The van der Waals surface area contributed by atoms with Crippen LogP contribution >= 0.6 is 0 Å². The Hall–Kier alpha value is -3.09. The van der Waals surface area contributed by atoms with E-state index in [1.807, 2.05) is 0 Å². The van der Waals surface area contributed by atoms with Crippen LogP contribution in [0.15, 0.2) is 135 Å². The predicted octanol–water partition coefficient (Wildman–Crippen LogP) is 12.3. The summed E-state index contributed by atoms with van der Waals surface area (Å²) in [6.45, 7) is 26.9. The Labute approximate surface area is 465 Å². The number of allylic oxidation sites excluding steroid dienone is 10. The molecule has 4 atom stereocenters. The van der Waals surface area contributed by atoms with E-state index < -0.39 is 17.1 Å². The van der Waals surface area contributed by atoms with Crippen molar-refractivity contribution in [2.75, 3.05) is 118 Å². The minimum atomic E-state index is -2.64. The molecule has 3 aliphatic rings. The van der Waals surface area contributed by atoms with E-state index in [-0.39, 0.29) is 13.2 Å². The Balaban J connectivity index is 1.20. The molecule has 2 N–H and O–H groups in total. The van der Waals surface area contributed by atoms with E-state index in [2.05, 4.69) is 168 Å². The van der Waals surface area contributed by atoms with Gasteiger partial charge in [-0.15, -0.1) is 13.2 Å². The molecule has 2 aromatic carbocycles. The van der Waals surface area contributed by atoms with Crippen molar-refractivity contribution < 1.29 is 27.9 Å². The molecule has 424 valence electrons. The summed E-state index contributed by atoms with van der Waals surface area (Å²) in [5.41, 5.74) is 2.74. The highest BCUT2D eigenvalue weighted by Crippen LogP contribution is 2.39. The molecule has 0 aliphatic carbocycles. The molecule has 3 heterocycles. The summed E-state index contributed by atoms with van der Waals surface area (Å²) < 4.78 is 28.4. The Morgan fingerprint density at radius 3 is 1.14 bits per heavy atom. The third-order valence-electron chi connectivity index (χ3n) is 16.0. The average molecular weight is 1080 g/mol. The highest BCUT2D eigenvalue weighted by Gasteiger charge is 2.43. The molecule has 0 bridgehead atoms. The van der Waals surface area contributed by atoms with Gasteiger partial charge in [-0.25, -0.2) is 0 Å². The first-order valence-electron chi connectivity index (χ1n) is 30.0. The zero-order chi connectivity index (χ0) is 53.8. The molecule has 0 radical (unpaired) electrons. The van der Waals surface area contributed by atoms with Crippen LogP contribution in [-0.2, 0) is 17.7 Å². The number of benzene rings is 2. The Morgan fingerprint density at radius 1 is 0.474 bits per heavy atom. The molecule has 3 saturated heterocycles. The zero-order valence-electron chi connectivity index (χ0n) is 47.6. The number of β-amino-alcohol motifs (C(OH)–C–C–N with tert-alkyl or cyclic N) is 2. The van der Waals surface area contributed by atoms with E-state index in [9.17, 15) is 10.2 Å². The van der Waals surface area contributed by atoms with Crippen LogP contribution in [0.3, 0.4) is 0 Å². The van der Waals surface area contributed by atoms with Crippen LogP contribution < -0.4 is 0 Å². The van der Waals surface area contributed by atoms with E-state index in [0.717, 1.165) is 167 Å². The van der Waals surface area contributed by atoms with E-state index in [4.69, 9.17) is 17.7 Å². The number of nitrogens with zero attached hydrogens (tertiary/aromatic N) is 4. The van der Waals surface area contributed by atoms with Gasteiger partial charge in [-0.2, -0.15) is 0 Å². The molecular weight excluding hydrogens is 977 g/mol. The molecule has 2 aromatic rings. The normalized spacial score (nSPS) is 20.4. The summed E-state index contributed by atoms with van der Waals surface area (Å²) in [6.07, 6.45) is 35.6. The van der Waals surface area contributed by atoms with Gasteiger partial charge >= 0.3 is 17.1 Å². The second-order valence-corrected chi connectivity index (χ2v) is 28.3. The van der Waals surface area contributed by atoms with Crippen LogP contribution in [0.1, 0.15) is 114 Å². The lowest BCUT2D eigenvalue weighted by atomic mass is 9.88. The monoisotopic (exact) mass is 1080 g/mol. The summed E-state index contributed by atoms with van der Waals surface area (Å²) in [6, 6.07) is 26.0. The second kappa shape index (κ2) is 38.5. The van der Waals surface area contributed by atoms with Crippen molar-refractivity contribution in [1.82, 2.24) is 19.6 Å². The molecule has 12 heteroatoms. The maximum atomic E-state index is 9.75. The summed E-state index contributed by atoms with van der Waals surface area (Å²) in [7, 11) is -5.29. The van der Waals surface area contributed by atoms with Crippen molar-refractivity contribution in [2.24, 2.45) is 11.8 Å². The highest BCUT2D eigenvalue weighted by atomic mass is 28.4. The number of aliphatic hydroxyl groups is 2. The number of unbranched alkanes of at least 4 members (excludes halogenated alkanes) is 2. The van der Waals surface area contributed by atoms with Gasteiger partial charge in [0.05, 0.1) is 13.2 Å². The Morgan fingerprint density at radius 2 is 0.816 bits per heavy atom. The molecule has 76 heavy (non-hydrogen) atoms. The highest BCUT2D eigenvalue weighted by molar-refractivity contribution is 6.68. The molecule has 10 nitrogen and oxygen atoms in total. The maximum Gasteiger partial charge on any atom is 0.338 e. The minimum Gasteiger partial charge on any atom is -0.395 e. The number of aliphatic hydroxyl groups excluding tert-OH is 2. The Bertz CT molecular complexity index is 1770. The summed E-state index contributed by atoms with van der Waals surface area (Å²) in [5, 5.41) is 19.5. The van der Waals surface area contributed by atoms with E-state index in [0.29, 0.717) is 63.2 Å². The quantitative estimate of drug-likeness (QED) is 0.0391. The molecule has 3 fully saturated rings. The topological polar surface area (TPSA) is 90.3 Å². The van der Waals surface area contributed by atoms with E-state index >= 15 is 0 Å². The fourth-order valence-electron chi connectivity index (χ4n) is 11.5. The number of hydrogen-bond donors (Lipinski definition) is 2. The van der Waals surface area contributed by atoms with Crippen molar-refractivity contribution in [1.29, 1.82) is 0 Å². The van der Waals surface area contributed by atoms with Crippen LogP contribution in [0.5, 0.6) is 0 Å². The lowest BCUT2D eigenvalue weighted by Gasteiger charge is -2.40. The van der Waals surface area contributed by atoms with Gasteiger partial charge in [-0.1, -0.05) is 135 Å². The molecule has 5 rings (SSSR count). The van der Waals surface area contributed by atoms with Crippen LogP contribution in [0.2, 0.25) is 24.2 Å². The van der Waals surface area contributed by atoms with Crippen molar-refractivity contribution in [2.45, 2.75) is 127 Å². The van der Waals surface area contributed by atoms with Gasteiger partial charge in [0.25, 0.3) is 0 Å². The lowest BCUT2D eigenvalue weighted by Crippen LogP contribution is -2.51. The second-order valence-electron chi connectivity index (χ2n) is 21.7. The predicted molar refractivity (Wildman–Crippen MR) is 324 cm³/mol. The Kier molecular flexibility index (Phi) is 32.3. The average Bonchev–Trinajstić information content (AvgIpc) is 3.43. The van der Waals surface area contributed by atoms with Gasteiger partial charge in [-0.3, -0.25) is 9.80 Å². The first kappa shape index (κ1) is 63.7. The molecular formula is C64H104N4O6Si2. The van der Waals surface area contributed by atoms with E-state index in [1.54, 1.807) is 0 Å². The number of rotatable bonds is 36. The first-order valence-corrected chi connectivity index (χ1v) is 34.4. The summed E-state index contributed by atoms with van der Waals surface area (Å²) in [5.74, 6) is 1.38. The SMILES string of the molecule is C=CC(C/C=C/CC/C=C\CC)CC(C[Si]1(CCCN2CCN(CCC[Si]3(CC(CC(C=C)C/C=C/CC/C=C\CC)c4ccccc4)OCCN(CCO)CCO3)CC2)OCCN(CCO)CCO1)c1ccccc1.